The minimum absolute atomic E-state index is 0.0448. The van der Waals surface area contributed by atoms with Crippen molar-refractivity contribution in [2.24, 2.45) is 11.8 Å². The van der Waals surface area contributed by atoms with Crippen LogP contribution in [0.25, 0.3) is 0 Å². The normalized spacial score (nSPS) is 32.0. The Hall–Kier alpha value is -2.29. The van der Waals surface area contributed by atoms with E-state index in [-0.39, 0.29) is 29.6 Å². The average molecular weight is 516 g/mol. The van der Waals surface area contributed by atoms with E-state index >= 15 is 0 Å². The van der Waals surface area contributed by atoms with Gasteiger partial charge in [-0.05, 0) is 31.4 Å². The second-order valence-corrected chi connectivity index (χ2v) is 11.5. The number of nitrogens with zero attached hydrogens (tertiary/aromatic N) is 3. The number of hydrogen-bond acceptors (Lipinski definition) is 5. The van der Waals surface area contributed by atoms with Crippen LogP contribution in [0.3, 0.4) is 0 Å². The van der Waals surface area contributed by atoms with Crippen LogP contribution < -0.4 is 4.90 Å². The molecule has 7 nitrogen and oxygen atoms in total. The number of para-hydroxylation sites is 1. The molecule has 9 heteroatoms. The predicted molar refractivity (Wildman–Crippen MR) is 137 cm³/mol. The lowest BCUT2D eigenvalue weighted by Crippen LogP contribution is -2.53. The van der Waals surface area contributed by atoms with Gasteiger partial charge in [-0.15, -0.1) is 11.8 Å². The van der Waals surface area contributed by atoms with Crippen LogP contribution in [0.5, 0.6) is 0 Å². The maximum absolute atomic E-state index is 14.2. The first-order valence-corrected chi connectivity index (χ1v) is 13.4. The summed E-state index contributed by atoms with van der Waals surface area (Å²) in [4.78, 5) is 46.7. The van der Waals surface area contributed by atoms with Gasteiger partial charge in [0, 0.05) is 38.5 Å². The first-order chi connectivity index (χ1) is 16.9. The first kappa shape index (κ1) is 24.4. The van der Waals surface area contributed by atoms with Gasteiger partial charge in [-0.25, -0.2) is 0 Å². The molecule has 1 unspecified atom stereocenters. The molecule has 35 heavy (non-hydrogen) atoms. The van der Waals surface area contributed by atoms with Crippen LogP contribution in [0.15, 0.2) is 48.6 Å². The number of likely N-dealkylation sites (N-methyl/N-ethyl adjacent to an activating group) is 1. The Morgan fingerprint density at radius 1 is 1.06 bits per heavy atom. The highest BCUT2D eigenvalue weighted by molar-refractivity contribution is 8.02. The largest absolute Gasteiger partial charge is 0.396 e. The number of likely N-dealkylation sites (tertiary alicyclic amines) is 1. The Morgan fingerprint density at radius 2 is 1.86 bits per heavy atom. The number of anilines is 1. The maximum Gasteiger partial charge on any atom is 0.251 e. The molecule has 1 spiro atoms. The topological polar surface area (TPSA) is 81.2 Å². The molecular weight excluding hydrogens is 486 g/mol. The average Bonchev–Trinajstić information content (AvgIpc) is 3.16. The number of rotatable bonds is 6. The summed E-state index contributed by atoms with van der Waals surface area (Å²) in [7, 11) is 1.77. The van der Waals surface area contributed by atoms with E-state index in [0.29, 0.717) is 43.2 Å². The molecule has 0 bridgehead atoms. The van der Waals surface area contributed by atoms with Crippen molar-refractivity contribution < 1.29 is 19.5 Å². The van der Waals surface area contributed by atoms with Crippen molar-refractivity contribution in [3.8, 4) is 0 Å². The molecule has 5 rings (SSSR count). The van der Waals surface area contributed by atoms with Gasteiger partial charge in [0.15, 0.2) is 0 Å². The summed E-state index contributed by atoms with van der Waals surface area (Å²) < 4.78 is -0.825. The summed E-state index contributed by atoms with van der Waals surface area (Å²) in [5.41, 5.74) is 0.616. The summed E-state index contributed by atoms with van der Waals surface area (Å²) in [6.45, 7) is 1.37. The van der Waals surface area contributed by atoms with Crippen molar-refractivity contribution in [1.29, 1.82) is 0 Å². The minimum atomic E-state index is -0.825. The summed E-state index contributed by atoms with van der Waals surface area (Å²) in [6.07, 6.45) is 10.1. The summed E-state index contributed by atoms with van der Waals surface area (Å²) in [5.74, 6) is -1.46. The number of carbonyl (C=O) groups is 3. The molecule has 1 aromatic rings. The zero-order valence-corrected chi connectivity index (χ0v) is 21.3. The van der Waals surface area contributed by atoms with Gasteiger partial charge in [-0.2, -0.15) is 0 Å². The molecule has 3 amide bonds. The standard InChI is InChI=1S/C26H30ClN3O4S/c1-28-13-7-11-19-20(23(28)32)21-24(33)30(14-5-2-6-16-31)22-25(34)29(15-8-12-26(21,22)35-19)18-10-4-3-9-17(18)27/h3-4,7-12,19-22,31H,2,5-6,13-16H2,1H3/t19-,20+,21+,22?,26+/m1/s1. The molecule has 5 atom stereocenters. The molecule has 4 aliphatic heterocycles. The lowest BCUT2D eigenvalue weighted by molar-refractivity contribution is -0.142. The summed E-state index contributed by atoms with van der Waals surface area (Å²) in [6, 6.07) is 6.51. The highest BCUT2D eigenvalue weighted by Gasteiger charge is 2.70. The SMILES string of the molecule is CN1CC=C[C@H]2S[C@]34C=CCN(c5ccccc5Cl)C(=O)C3N(CCCCCO)C(=O)[C@@H]4[C@H]2C1=O. The van der Waals surface area contributed by atoms with Crippen LogP contribution in [0.4, 0.5) is 5.69 Å². The maximum atomic E-state index is 14.2. The van der Waals surface area contributed by atoms with Crippen molar-refractivity contribution in [3.05, 3.63) is 53.6 Å². The monoisotopic (exact) mass is 515 g/mol. The summed E-state index contributed by atoms with van der Waals surface area (Å²) >= 11 is 8.06. The van der Waals surface area contributed by atoms with Gasteiger partial charge in [0.1, 0.15) is 6.04 Å². The van der Waals surface area contributed by atoms with Crippen LogP contribution >= 0.6 is 23.4 Å². The van der Waals surface area contributed by atoms with Crippen molar-refractivity contribution in [3.63, 3.8) is 0 Å². The number of aliphatic hydroxyl groups is 1. The van der Waals surface area contributed by atoms with E-state index in [9.17, 15) is 19.5 Å². The minimum Gasteiger partial charge on any atom is -0.396 e. The van der Waals surface area contributed by atoms with Gasteiger partial charge >= 0.3 is 0 Å². The number of unbranched alkanes of at least 4 members (excludes halogenated alkanes) is 2. The van der Waals surface area contributed by atoms with Crippen LogP contribution in [-0.4, -0.2) is 82.0 Å². The fourth-order valence-electron chi connectivity index (χ4n) is 5.96. The Bertz CT molecular complexity index is 1090. The quantitative estimate of drug-likeness (QED) is 0.465. The summed E-state index contributed by atoms with van der Waals surface area (Å²) in [5, 5.41) is 9.50. The van der Waals surface area contributed by atoms with Gasteiger partial charge in [0.05, 0.1) is 27.3 Å². The number of amides is 3. The molecule has 4 heterocycles. The smallest absolute Gasteiger partial charge is 0.251 e. The number of fused-ring (bicyclic) bond motifs is 2. The molecule has 4 aliphatic rings. The Labute approximate surface area is 214 Å². The van der Waals surface area contributed by atoms with Crippen molar-refractivity contribution >= 4 is 46.8 Å². The van der Waals surface area contributed by atoms with E-state index in [0.717, 1.165) is 6.42 Å². The van der Waals surface area contributed by atoms with Crippen molar-refractivity contribution in [1.82, 2.24) is 9.80 Å². The zero-order chi connectivity index (χ0) is 24.7. The third kappa shape index (κ3) is 3.90. The molecule has 0 aliphatic carbocycles. The fourth-order valence-corrected chi connectivity index (χ4v) is 8.21. The van der Waals surface area contributed by atoms with Crippen LogP contribution in [0.2, 0.25) is 5.02 Å². The van der Waals surface area contributed by atoms with Gasteiger partial charge in [-0.1, -0.05) is 48.0 Å². The van der Waals surface area contributed by atoms with Crippen LogP contribution in [-0.2, 0) is 14.4 Å². The number of carbonyl (C=O) groups excluding carboxylic acids is 3. The van der Waals surface area contributed by atoms with E-state index in [1.54, 1.807) is 39.6 Å². The number of aliphatic hydroxyl groups excluding tert-OH is 1. The molecule has 1 aromatic carbocycles. The molecule has 2 fully saturated rings. The molecule has 186 valence electrons. The molecule has 2 saturated heterocycles. The predicted octanol–water partition coefficient (Wildman–Crippen LogP) is 2.73. The zero-order valence-electron chi connectivity index (χ0n) is 19.7. The van der Waals surface area contributed by atoms with Gasteiger partial charge in [0.25, 0.3) is 5.91 Å². The molecule has 0 saturated carbocycles. The van der Waals surface area contributed by atoms with Crippen LogP contribution in [0, 0.1) is 11.8 Å². The van der Waals surface area contributed by atoms with Crippen LogP contribution in [0.1, 0.15) is 19.3 Å². The first-order valence-electron chi connectivity index (χ1n) is 12.1. The van der Waals surface area contributed by atoms with Crippen molar-refractivity contribution in [2.75, 3.05) is 38.2 Å². The number of thioether (sulfide) groups is 1. The van der Waals surface area contributed by atoms with Crippen molar-refractivity contribution in [2.45, 2.75) is 35.3 Å². The number of halogens is 1. The third-order valence-electron chi connectivity index (χ3n) is 7.56. The van der Waals surface area contributed by atoms with Gasteiger partial charge in [0.2, 0.25) is 11.8 Å². The van der Waals surface area contributed by atoms with E-state index in [2.05, 4.69) is 0 Å². The Balaban J connectivity index is 1.58. The molecular formula is C26H30ClN3O4S. The van der Waals surface area contributed by atoms with Gasteiger partial charge < -0.3 is 19.8 Å². The highest BCUT2D eigenvalue weighted by atomic mass is 35.5. The van der Waals surface area contributed by atoms with Gasteiger partial charge in [-0.3, -0.25) is 14.4 Å². The lowest BCUT2D eigenvalue weighted by Gasteiger charge is -2.35. The lowest BCUT2D eigenvalue weighted by atomic mass is 9.78. The second kappa shape index (κ2) is 9.64. The number of hydrogen-bond donors (Lipinski definition) is 1. The molecule has 0 aromatic heterocycles. The third-order valence-corrected chi connectivity index (χ3v) is 9.62. The fraction of sp³-hybridized carbons (Fsp3) is 0.500. The van der Waals surface area contributed by atoms with E-state index in [1.165, 1.54) is 0 Å². The van der Waals surface area contributed by atoms with E-state index < -0.39 is 22.6 Å². The highest BCUT2D eigenvalue weighted by Crippen LogP contribution is 2.61. The number of benzene rings is 1. The molecule has 1 N–H and O–H groups in total. The molecule has 0 radical (unpaired) electrons. The van der Waals surface area contributed by atoms with E-state index in [1.807, 2.05) is 42.5 Å². The second-order valence-electron chi connectivity index (χ2n) is 9.61. The Kier molecular flexibility index (Phi) is 6.72. The van der Waals surface area contributed by atoms with E-state index in [4.69, 9.17) is 11.6 Å². The Morgan fingerprint density at radius 3 is 2.63 bits per heavy atom.